The molecule has 0 unspecified atom stereocenters. The van der Waals surface area contributed by atoms with Gasteiger partial charge in [-0.3, -0.25) is 0 Å². The maximum Gasteiger partial charge on any atom is 0.344 e. The third kappa shape index (κ3) is 7.71. The first-order valence-electron chi connectivity index (χ1n) is 13.7. The Bertz CT molecular complexity index is 1150. The van der Waals surface area contributed by atoms with Crippen LogP contribution in [0.3, 0.4) is 0 Å². The number of rotatable bonds is 15. The SMILES string of the molecule is CCCCCCCCCCCOC(=O)c1ccc(-c2cc3ccc(N(CC)CC)cc3oc2=O)cc1. The summed E-state index contributed by atoms with van der Waals surface area (Å²) in [5.41, 5.74) is 2.91. The van der Waals surface area contributed by atoms with E-state index in [1.54, 1.807) is 24.3 Å². The second-order valence-corrected chi connectivity index (χ2v) is 9.38. The lowest BCUT2D eigenvalue weighted by atomic mass is 10.0. The van der Waals surface area contributed by atoms with Gasteiger partial charge in [0.2, 0.25) is 0 Å². The fourth-order valence-electron chi connectivity index (χ4n) is 4.53. The van der Waals surface area contributed by atoms with E-state index in [0.717, 1.165) is 37.0 Å². The number of carbonyl (C=O) groups is 1. The largest absolute Gasteiger partial charge is 0.462 e. The van der Waals surface area contributed by atoms with Gasteiger partial charge in [0.1, 0.15) is 5.58 Å². The molecule has 1 aromatic heterocycles. The van der Waals surface area contributed by atoms with Crippen LogP contribution in [0.2, 0.25) is 0 Å². The van der Waals surface area contributed by atoms with E-state index in [9.17, 15) is 9.59 Å². The van der Waals surface area contributed by atoms with E-state index in [-0.39, 0.29) is 11.6 Å². The molecule has 5 heteroatoms. The molecule has 0 saturated heterocycles. The fraction of sp³-hybridized carbons (Fsp3) is 0.484. The number of hydrogen-bond donors (Lipinski definition) is 0. The van der Waals surface area contributed by atoms with Gasteiger partial charge in [-0.05, 0) is 56.2 Å². The van der Waals surface area contributed by atoms with Gasteiger partial charge in [0.05, 0.1) is 17.7 Å². The third-order valence-corrected chi connectivity index (χ3v) is 6.76. The average Bonchev–Trinajstić information content (AvgIpc) is 2.90. The van der Waals surface area contributed by atoms with Crippen molar-refractivity contribution >= 4 is 22.6 Å². The summed E-state index contributed by atoms with van der Waals surface area (Å²) in [6.45, 7) is 8.66. The number of esters is 1. The molecule has 2 aromatic carbocycles. The molecule has 36 heavy (non-hydrogen) atoms. The van der Waals surface area contributed by atoms with Crippen molar-refractivity contribution in [3.8, 4) is 11.1 Å². The van der Waals surface area contributed by atoms with Crippen molar-refractivity contribution in [2.45, 2.75) is 78.6 Å². The second-order valence-electron chi connectivity index (χ2n) is 9.38. The van der Waals surface area contributed by atoms with Gasteiger partial charge in [-0.25, -0.2) is 9.59 Å². The Morgan fingerprint density at radius 2 is 1.44 bits per heavy atom. The van der Waals surface area contributed by atoms with E-state index < -0.39 is 0 Å². The summed E-state index contributed by atoms with van der Waals surface area (Å²) in [6, 6.07) is 14.8. The standard InChI is InChI=1S/C31H41NO4/c1-4-7-8-9-10-11-12-13-14-21-35-30(33)25-17-15-24(16-18-25)28-22-26-19-20-27(32(5-2)6-3)23-29(26)36-31(28)34/h15-20,22-23H,4-14,21H2,1-3H3. The monoisotopic (exact) mass is 491 g/mol. The summed E-state index contributed by atoms with van der Waals surface area (Å²) in [7, 11) is 0. The maximum absolute atomic E-state index is 12.7. The fourth-order valence-corrected chi connectivity index (χ4v) is 4.53. The molecule has 0 aliphatic heterocycles. The highest BCUT2D eigenvalue weighted by Crippen LogP contribution is 2.25. The zero-order chi connectivity index (χ0) is 25.8. The summed E-state index contributed by atoms with van der Waals surface area (Å²) in [5, 5.41) is 0.866. The predicted octanol–water partition coefficient (Wildman–Crippen LogP) is 7.99. The molecule has 0 aliphatic carbocycles. The summed E-state index contributed by atoms with van der Waals surface area (Å²) >= 11 is 0. The highest BCUT2D eigenvalue weighted by Gasteiger charge is 2.12. The number of hydrogen-bond acceptors (Lipinski definition) is 5. The molecular weight excluding hydrogens is 450 g/mol. The topological polar surface area (TPSA) is 59.8 Å². The van der Waals surface area contributed by atoms with E-state index in [1.165, 1.54) is 44.9 Å². The second kappa shape index (κ2) is 14.5. The van der Waals surface area contributed by atoms with Crippen LogP contribution in [0.5, 0.6) is 0 Å². The van der Waals surface area contributed by atoms with Crippen LogP contribution in [0.4, 0.5) is 5.69 Å². The van der Waals surface area contributed by atoms with Crippen LogP contribution in [0.1, 0.15) is 88.9 Å². The minimum atomic E-state index is -0.389. The zero-order valence-electron chi connectivity index (χ0n) is 22.2. The molecule has 0 N–H and O–H groups in total. The van der Waals surface area contributed by atoms with Gasteiger partial charge in [-0.1, -0.05) is 70.4 Å². The highest BCUT2D eigenvalue weighted by molar-refractivity contribution is 5.90. The van der Waals surface area contributed by atoms with Crippen molar-refractivity contribution in [2.24, 2.45) is 0 Å². The minimum absolute atomic E-state index is 0.324. The van der Waals surface area contributed by atoms with Crippen molar-refractivity contribution in [1.29, 1.82) is 0 Å². The summed E-state index contributed by atoms with van der Waals surface area (Å²) in [6.07, 6.45) is 11.0. The predicted molar refractivity (Wildman–Crippen MR) is 149 cm³/mol. The number of fused-ring (bicyclic) bond motifs is 1. The number of carbonyl (C=O) groups excluding carboxylic acids is 1. The molecular formula is C31H41NO4. The van der Waals surface area contributed by atoms with Gasteiger partial charge in [0.25, 0.3) is 0 Å². The van der Waals surface area contributed by atoms with Gasteiger partial charge < -0.3 is 14.1 Å². The van der Waals surface area contributed by atoms with E-state index in [4.69, 9.17) is 9.15 Å². The van der Waals surface area contributed by atoms with Crippen LogP contribution in [0, 0.1) is 0 Å². The van der Waals surface area contributed by atoms with E-state index in [0.29, 0.717) is 28.9 Å². The number of unbranched alkanes of at least 4 members (excludes halogenated alkanes) is 8. The Labute approximate surface area is 215 Å². The van der Waals surface area contributed by atoms with Crippen molar-refractivity contribution in [2.75, 3.05) is 24.6 Å². The smallest absolute Gasteiger partial charge is 0.344 e. The number of benzene rings is 2. The molecule has 0 saturated carbocycles. The number of nitrogens with zero attached hydrogens (tertiary/aromatic N) is 1. The van der Waals surface area contributed by atoms with Crippen LogP contribution in [-0.4, -0.2) is 25.7 Å². The Morgan fingerprint density at radius 3 is 2.08 bits per heavy atom. The van der Waals surface area contributed by atoms with E-state index in [2.05, 4.69) is 25.7 Å². The van der Waals surface area contributed by atoms with Gasteiger partial charge >= 0.3 is 11.6 Å². The Hall–Kier alpha value is -3.08. The first-order chi connectivity index (χ1) is 17.6. The Morgan fingerprint density at radius 1 is 0.806 bits per heavy atom. The van der Waals surface area contributed by atoms with Crippen molar-refractivity contribution in [3.63, 3.8) is 0 Å². The van der Waals surface area contributed by atoms with Gasteiger partial charge in [0.15, 0.2) is 0 Å². The van der Waals surface area contributed by atoms with Crippen molar-refractivity contribution in [1.82, 2.24) is 0 Å². The molecule has 0 spiro atoms. The average molecular weight is 492 g/mol. The van der Waals surface area contributed by atoms with Crippen LogP contribution in [0.25, 0.3) is 22.1 Å². The van der Waals surface area contributed by atoms with Gasteiger partial charge in [-0.2, -0.15) is 0 Å². The maximum atomic E-state index is 12.7. The van der Waals surface area contributed by atoms with Crippen LogP contribution >= 0.6 is 0 Å². The molecule has 194 valence electrons. The minimum Gasteiger partial charge on any atom is -0.462 e. The van der Waals surface area contributed by atoms with Crippen molar-refractivity contribution < 1.29 is 13.9 Å². The zero-order valence-corrected chi connectivity index (χ0v) is 22.2. The third-order valence-electron chi connectivity index (χ3n) is 6.76. The lowest BCUT2D eigenvalue weighted by Crippen LogP contribution is -2.21. The van der Waals surface area contributed by atoms with E-state index >= 15 is 0 Å². The van der Waals surface area contributed by atoms with E-state index in [1.807, 2.05) is 24.3 Å². The highest BCUT2D eigenvalue weighted by atomic mass is 16.5. The molecule has 0 bridgehead atoms. The molecule has 0 aliphatic rings. The first-order valence-corrected chi connectivity index (χ1v) is 13.7. The molecule has 0 amide bonds. The summed E-state index contributed by atoms with van der Waals surface area (Å²) in [5.74, 6) is -0.324. The molecule has 0 radical (unpaired) electrons. The number of anilines is 1. The van der Waals surface area contributed by atoms with Gasteiger partial charge in [0, 0.05) is 30.2 Å². The van der Waals surface area contributed by atoms with Crippen LogP contribution in [0.15, 0.2) is 57.7 Å². The quantitative estimate of drug-likeness (QED) is 0.122. The lowest BCUT2D eigenvalue weighted by molar-refractivity contribution is 0.0497. The summed E-state index contributed by atoms with van der Waals surface area (Å²) in [4.78, 5) is 27.3. The molecule has 0 fully saturated rings. The molecule has 5 nitrogen and oxygen atoms in total. The molecule has 3 rings (SSSR count). The van der Waals surface area contributed by atoms with Crippen molar-refractivity contribution in [3.05, 3.63) is 64.5 Å². The number of ether oxygens (including phenoxy) is 1. The van der Waals surface area contributed by atoms with Gasteiger partial charge in [-0.15, -0.1) is 0 Å². The van der Waals surface area contributed by atoms with Crippen LogP contribution < -0.4 is 10.5 Å². The normalized spacial score (nSPS) is 11.1. The Balaban J connectivity index is 1.53. The molecule has 3 aromatic rings. The summed E-state index contributed by atoms with van der Waals surface area (Å²) < 4.78 is 11.1. The molecule has 0 atom stereocenters. The first kappa shape index (κ1) is 27.5. The lowest BCUT2D eigenvalue weighted by Gasteiger charge is -2.21. The van der Waals surface area contributed by atoms with Crippen LogP contribution in [-0.2, 0) is 4.74 Å². The molecule has 1 heterocycles. The Kier molecular flexibility index (Phi) is 11.1.